The average molecular weight is 343 g/mol. The van der Waals surface area contributed by atoms with Crippen LogP contribution in [0, 0.1) is 10.1 Å². The van der Waals surface area contributed by atoms with Gasteiger partial charge < -0.3 is 16.0 Å². The maximum Gasteiger partial charge on any atom is 0.292 e. The minimum absolute atomic E-state index is 0. The number of carbonyl (C=O) groups is 1. The van der Waals surface area contributed by atoms with Gasteiger partial charge in [0, 0.05) is 19.7 Å². The molecule has 1 amide bonds. The van der Waals surface area contributed by atoms with Gasteiger partial charge in [0.05, 0.1) is 17.0 Å². The molecular formula is C15H23ClN4O3. The van der Waals surface area contributed by atoms with Crippen molar-refractivity contribution in [3.63, 3.8) is 0 Å². The van der Waals surface area contributed by atoms with E-state index in [-0.39, 0.29) is 36.1 Å². The van der Waals surface area contributed by atoms with E-state index >= 15 is 0 Å². The van der Waals surface area contributed by atoms with E-state index in [0.29, 0.717) is 12.2 Å². The van der Waals surface area contributed by atoms with Gasteiger partial charge in [0.2, 0.25) is 5.91 Å². The maximum absolute atomic E-state index is 12.2. The summed E-state index contributed by atoms with van der Waals surface area (Å²) in [5.41, 5.74) is 5.92. The Kier molecular flexibility index (Phi) is 6.78. The van der Waals surface area contributed by atoms with Gasteiger partial charge in [-0.15, -0.1) is 12.4 Å². The molecule has 0 radical (unpaired) electrons. The molecule has 0 unspecified atom stereocenters. The van der Waals surface area contributed by atoms with Gasteiger partial charge >= 0.3 is 0 Å². The lowest BCUT2D eigenvalue weighted by atomic mass is 9.98. The lowest BCUT2D eigenvalue weighted by molar-refractivity contribution is -0.384. The molecule has 1 saturated carbocycles. The van der Waals surface area contributed by atoms with Gasteiger partial charge in [-0.05, 0) is 18.9 Å². The minimum atomic E-state index is -0.442. The van der Waals surface area contributed by atoms with Crippen LogP contribution in [0.2, 0.25) is 0 Å². The van der Waals surface area contributed by atoms with Crippen molar-refractivity contribution < 1.29 is 9.72 Å². The van der Waals surface area contributed by atoms with Crippen molar-refractivity contribution in [2.45, 2.75) is 31.2 Å². The lowest BCUT2D eigenvalue weighted by Crippen LogP contribution is -2.53. The predicted molar refractivity (Wildman–Crippen MR) is 92.0 cm³/mol. The van der Waals surface area contributed by atoms with E-state index in [0.717, 1.165) is 25.7 Å². The molecule has 128 valence electrons. The number of benzene rings is 1. The van der Waals surface area contributed by atoms with Gasteiger partial charge in [-0.1, -0.05) is 25.0 Å². The molecule has 1 aromatic rings. The smallest absolute Gasteiger partial charge is 0.292 e. The van der Waals surface area contributed by atoms with Gasteiger partial charge in [0.25, 0.3) is 5.69 Å². The zero-order chi connectivity index (χ0) is 16.2. The quantitative estimate of drug-likeness (QED) is 0.606. The Bertz CT molecular complexity index is 561. The summed E-state index contributed by atoms with van der Waals surface area (Å²) in [4.78, 5) is 24.4. The number of hydrogen-bond donors (Lipinski definition) is 2. The highest BCUT2D eigenvalue weighted by Crippen LogP contribution is 2.29. The Balaban J connectivity index is 0.00000264. The van der Waals surface area contributed by atoms with Crippen LogP contribution < -0.4 is 16.0 Å². The van der Waals surface area contributed by atoms with Crippen molar-refractivity contribution in [3.05, 3.63) is 34.4 Å². The summed E-state index contributed by atoms with van der Waals surface area (Å²) in [6, 6.07) is 6.40. The summed E-state index contributed by atoms with van der Waals surface area (Å²) in [5.74, 6) is -0.159. The molecule has 0 aromatic heterocycles. The summed E-state index contributed by atoms with van der Waals surface area (Å²) in [6.07, 6.45) is 3.92. The van der Waals surface area contributed by atoms with Crippen molar-refractivity contribution in [2.75, 3.05) is 25.0 Å². The Morgan fingerprint density at radius 3 is 2.57 bits per heavy atom. The average Bonchev–Trinajstić information content (AvgIpc) is 2.96. The molecule has 8 heteroatoms. The van der Waals surface area contributed by atoms with E-state index < -0.39 is 4.92 Å². The predicted octanol–water partition coefficient (Wildman–Crippen LogP) is 1.84. The lowest BCUT2D eigenvalue weighted by Gasteiger charge is -2.30. The zero-order valence-electron chi connectivity index (χ0n) is 13.2. The van der Waals surface area contributed by atoms with Gasteiger partial charge in [-0.2, -0.15) is 0 Å². The number of nitrogens with zero attached hydrogens (tertiary/aromatic N) is 2. The molecule has 1 aliphatic carbocycles. The van der Waals surface area contributed by atoms with Gasteiger partial charge in [-0.3, -0.25) is 14.9 Å². The molecule has 0 aliphatic heterocycles. The number of rotatable bonds is 6. The number of likely N-dealkylation sites (N-methyl/N-ethyl adjacent to an activating group) is 1. The van der Waals surface area contributed by atoms with E-state index in [9.17, 15) is 14.9 Å². The van der Waals surface area contributed by atoms with Crippen LogP contribution in [0.15, 0.2) is 24.3 Å². The number of nitrogens with one attached hydrogen (secondary N) is 1. The number of nitro groups is 1. The number of hydrogen-bond acceptors (Lipinski definition) is 5. The molecule has 3 N–H and O–H groups in total. The normalized spacial score (nSPS) is 15.6. The Hall–Kier alpha value is -1.86. The molecule has 7 nitrogen and oxygen atoms in total. The highest BCUT2D eigenvalue weighted by Gasteiger charge is 2.34. The van der Waals surface area contributed by atoms with Crippen LogP contribution in [-0.4, -0.2) is 36.5 Å². The molecule has 0 bridgehead atoms. The largest absolute Gasteiger partial charge is 0.360 e. The van der Waals surface area contributed by atoms with Crippen LogP contribution in [0.4, 0.5) is 11.4 Å². The number of halogens is 1. The molecule has 0 saturated heterocycles. The Morgan fingerprint density at radius 2 is 2.00 bits per heavy atom. The molecule has 2 rings (SSSR count). The molecule has 0 heterocycles. The molecule has 0 atom stereocenters. The van der Waals surface area contributed by atoms with Crippen molar-refractivity contribution in [1.82, 2.24) is 5.32 Å². The summed E-state index contributed by atoms with van der Waals surface area (Å²) in [6.45, 7) is 0.487. The van der Waals surface area contributed by atoms with E-state index in [4.69, 9.17) is 5.73 Å². The first kappa shape index (κ1) is 19.2. The number of nitro benzene ring substituents is 1. The van der Waals surface area contributed by atoms with Gasteiger partial charge in [-0.25, -0.2) is 0 Å². The first-order valence-corrected chi connectivity index (χ1v) is 7.43. The second kappa shape index (κ2) is 8.12. The first-order chi connectivity index (χ1) is 10.5. The fraction of sp³-hybridized carbons (Fsp3) is 0.533. The molecular weight excluding hydrogens is 320 g/mol. The summed E-state index contributed by atoms with van der Waals surface area (Å²) in [5, 5.41) is 14.1. The van der Waals surface area contributed by atoms with E-state index in [1.807, 2.05) is 0 Å². The number of nitrogens with two attached hydrogens (primary N) is 1. The fourth-order valence-corrected chi connectivity index (χ4v) is 3.01. The third-order valence-electron chi connectivity index (χ3n) is 4.23. The van der Waals surface area contributed by atoms with Crippen molar-refractivity contribution in [1.29, 1.82) is 0 Å². The Morgan fingerprint density at radius 1 is 1.39 bits per heavy atom. The van der Waals surface area contributed by atoms with Gasteiger partial charge in [0.1, 0.15) is 5.69 Å². The van der Waals surface area contributed by atoms with Crippen molar-refractivity contribution in [2.24, 2.45) is 5.73 Å². The third-order valence-corrected chi connectivity index (χ3v) is 4.23. The van der Waals surface area contributed by atoms with E-state index in [1.165, 1.54) is 6.07 Å². The molecule has 1 fully saturated rings. The second-order valence-electron chi connectivity index (χ2n) is 5.84. The van der Waals surface area contributed by atoms with Crippen molar-refractivity contribution in [3.8, 4) is 0 Å². The number of anilines is 1. The van der Waals surface area contributed by atoms with Crippen LogP contribution in [0.5, 0.6) is 0 Å². The van der Waals surface area contributed by atoms with Crippen LogP contribution in [-0.2, 0) is 4.79 Å². The number of amides is 1. The molecule has 0 spiro atoms. The standard InChI is InChI=1S/C15H22N4O3.ClH/c1-18(12-6-2-3-7-13(12)19(21)22)10-14(20)17-15(11-16)8-4-5-9-15;/h2-3,6-7H,4-5,8-11,16H2,1H3,(H,17,20);1H. The summed E-state index contributed by atoms with van der Waals surface area (Å²) in [7, 11) is 1.67. The zero-order valence-corrected chi connectivity index (χ0v) is 14.0. The van der Waals surface area contributed by atoms with E-state index in [2.05, 4.69) is 5.32 Å². The fourth-order valence-electron chi connectivity index (χ4n) is 3.01. The number of carbonyl (C=O) groups excluding carboxylic acids is 1. The van der Waals surface area contributed by atoms with Crippen LogP contribution in [0.3, 0.4) is 0 Å². The maximum atomic E-state index is 12.2. The third kappa shape index (κ3) is 4.56. The van der Waals surface area contributed by atoms with Crippen LogP contribution in [0.25, 0.3) is 0 Å². The summed E-state index contributed by atoms with van der Waals surface area (Å²) < 4.78 is 0. The SMILES string of the molecule is CN(CC(=O)NC1(CN)CCCC1)c1ccccc1[N+](=O)[O-].Cl. The van der Waals surface area contributed by atoms with E-state index in [1.54, 1.807) is 30.1 Å². The first-order valence-electron chi connectivity index (χ1n) is 7.43. The van der Waals surface area contributed by atoms with Crippen molar-refractivity contribution >= 4 is 29.7 Å². The number of para-hydroxylation sites is 2. The Labute approximate surface area is 141 Å². The molecule has 1 aromatic carbocycles. The highest BCUT2D eigenvalue weighted by molar-refractivity contribution is 5.85. The topological polar surface area (TPSA) is 102 Å². The monoisotopic (exact) mass is 342 g/mol. The van der Waals surface area contributed by atoms with Crippen LogP contribution >= 0.6 is 12.4 Å². The highest BCUT2D eigenvalue weighted by atomic mass is 35.5. The second-order valence-corrected chi connectivity index (χ2v) is 5.84. The van der Waals surface area contributed by atoms with Crippen LogP contribution in [0.1, 0.15) is 25.7 Å². The minimum Gasteiger partial charge on any atom is -0.360 e. The molecule has 23 heavy (non-hydrogen) atoms. The van der Waals surface area contributed by atoms with Gasteiger partial charge in [0.15, 0.2) is 0 Å². The molecule has 1 aliphatic rings. The summed E-state index contributed by atoms with van der Waals surface area (Å²) >= 11 is 0.